The van der Waals surface area contributed by atoms with Gasteiger partial charge in [0.2, 0.25) is 11.7 Å². The van der Waals surface area contributed by atoms with Crippen molar-refractivity contribution < 1.29 is 9.59 Å². The van der Waals surface area contributed by atoms with Gasteiger partial charge >= 0.3 is 0 Å². The summed E-state index contributed by atoms with van der Waals surface area (Å²) in [6.45, 7) is 0. The van der Waals surface area contributed by atoms with E-state index in [1.54, 1.807) is 24.4 Å². The number of halogens is 1. The Morgan fingerprint density at radius 3 is 2.74 bits per heavy atom. The number of ketones is 1. The first-order valence-corrected chi connectivity index (χ1v) is 11.7. The first kappa shape index (κ1) is 21.4. The Morgan fingerprint density at radius 2 is 1.94 bits per heavy atom. The van der Waals surface area contributed by atoms with Crippen molar-refractivity contribution in [3.8, 4) is 6.07 Å². The molecule has 3 heterocycles. The zero-order valence-corrected chi connectivity index (χ0v) is 19.2. The minimum absolute atomic E-state index is 0.0789. The van der Waals surface area contributed by atoms with Gasteiger partial charge in [-0.05, 0) is 66.5 Å². The third-order valence-corrected chi connectivity index (χ3v) is 6.80. The smallest absolute Gasteiger partial charge is 0.231 e. The number of benzene rings is 1. The van der Waals surface area contributed by atoms with Crippen LogP contribution in [0, 0.1) is 17.2 Å². The summed E-state index contributed by atoms with van der Waals surface area (Å²) in [6.07, 6.45) is 7.98. The summed E-state index contributed by atoms with van der Waals surface area (Å²) >= 11 is 6.08. The quantitative estimate of drug-likeness (QED) is 0.405. The Kier molecular flexibility index (Phi) is 5.08. The van der Waals surface area contributed by atoms with E-state index in [4.69, 9.17) is 11.6 Å². The van der Waals surface area contributed by atoms with Crippen LogP contribution in [0.3, 0.4) is 0 Å². The molecule has 6 rings (SSSR count). The van der Waals surface area contributed by atoms with Gasteiger partial charge in [0, 0.05) is 29.4 Å². The van der Waals surface area contributed by atoms with Gasteiger partial charge in [-0.1, -0.05) is 17.7 Å². The number of hydrogen-bond acceptors (Lipinski definition) is 6. The maximum absolute atomic E-state index is 13.0. The van der Waals surface area contributed by atoms with Gasteiger partial charge in [0.25, 0.3) is 0 Å². The van der Waals surface area contributed by atoms with Gasteiger partial charge in [-0.3, -0.25) is 9.59 Å². The van der Waals surface area contributed by atoms with E-state index < -0.39 is 0 Å². The van der Waals surface area contributed by atoms with Crippen molar-refractivity contribution in [3.63, 3.8) is 0 Å². The van der Waals surface area contributed by atoms with Gasteiger partial charge in [-0.25, -0.2) is 15.0 Å². The minimum atomic E-state index is -0.346. The molecule has 1 N–H and O–H groups in total. The monoisotopic (exact) mass is 482 g/mol. The molecule has 1 aromatic carbocycles. The van der Waals surface area contributed by atoms with Gasteiger partial charge in [0.15, 0.2) is 0 Å². The van der Waals surface area contributed by atoms with Crippen LogP contribution >= 0.6 is 11.6 Å². The molecule has 2 atom stereocenters. The largest absolute Gasteiger partial charge is 0.310 e. The highest BCUT2D eigenvalue weighted by atomic mass is 35.5. The second-order valence-corrected chi connectivity index (χ2v) is 9.46. The number of anilines is 1. The predicted octanol–water partition coefficient (Wildman–Crippen LogP) is 4.50. The zero-order valence-electron chi connectivity index (χ0n) is 18.5. The van der Waals surface area contributed by atoms with E-state index in [0.29, 0.717) is 28.6 Å². The number of nitrogens with zero attached hydrogens (tertiary/aromatic N) is 5. The highest BCUT2D eigenvalue weighted by Gasteiger charge is 2.45. The van der Waals surface area contributed by atoms with E-state index in [9.17, 15) is 14.9 Å². The van der Waals surface area contributed by atoms with Crippen LogP contribution in [0.2, 0.25) is 5.02 Å². The SMILES string of the molecule is N#Cc1ccc(Cl)cc1[C@H]1C[C@@H]1C(=O)Nc1cc(C(=O)c2cn3cc(C4CC4)ccc3n2)ncn1. The first-order chi connectivity index (χ1) is 17.0. The van der Waals surface area contributed by atoms with Crippen molar-refractivity contribution in [3.05, 3.63) is 88.2 Å². The predicted molar refractivity (Wildman–Crippen MR) is 128 cm³/mol. The van der Waals surface area contributed by atoms with E-state index in [1.165, 1.54) is 30.8 Å². The van der Waals surface area contributed by atoms with E-state index in [0.717, 1.165) is 5.56 Å². The number of imidazole rings is 1. The average Bonchev–Trinajstić information content (AvgIpc) is 3.79. The number of hydrogen-bond donors (Lipinski definition) is 1. The number of aromatic nitrogens is 4. The van der Waals surface area contributed by atoms with Crippen LogP contribution in [0.15, 0.2) is 55.1 Å². The minimum Gasteiger partial charge on any atom is -0.310 e. The number of fused-ring (bicyclic) bond motifs is 1. The highest BCUT2D eigenvalue weighted by molar-refractivity contribution is 6.30. The number of nitriles is 1. The van der Waals surface area contributed by atoms with Crippen molar-refractivity contribution >= 4 is 34.8 Å². The van der Waals surface area contributed by atoms with E-state index in [1.807, 2.05) is 16.7 Å². The number of amides is 1. The molecule has 1 amide bonds. The number of carbonyl (C=O) groups excluding carboxylic acids is 2. The Bertz CT molecular complexity index is 1550. The van der Waals surface area contributed by atoms with Crippen LogP contribution in [0.1, 0.15) is 64.0 Å². The normalized spacial score (nSPS) is 18.7. The third-order valence-electron chi connectivity index (χ3n) is 6.57. The Balaban J connectivity index is 1.17. The summed E-state index contributed by atoms with van der Waals surface area (Å²) in [6, 6.07) is 12.6. The molecule has 8 nitrogen and oxygen atoms in total. The lowest BCUT2D eigenvalue weighted by Gasteiger charge is -2.06. The second kappa shape index (κ2) is 8.29. The summed E-state index contributed by atoms with van der Waals surface area (Å²) in [7, 11) is 0. The van der Waals surface area contributed by atoms with Gasteiger partial charge < -0.3 is 9.72 Å². The number of pyridine rings is 1. The lowest BCUT2D eigenvalue weighted by Crippen LogP contribution is -2.16. The molecule has 0 bridgehead atoms. The first-order valence-electron chi connectivity index (χ1n) is 11.4. The fourth-order valence-corrected chi connectivity index (χ4v) is 4.63. The molecule has 0 spiro atoms. The van der Waals surface area contributed by atoms with Gasteiger partial charge in [-0.15, -0.1) is 0 Å². The second-order valence-electron chi connectivity index (χ2n) is 9.03. The lowest BCUT2D eigenvalue weighted by atomic mass is 10.0. The third kappa shape index (κ3) is 4.15. The Hall–Kier alpha value is -4.09. The molecule has 172 valence electrons. The summed E-state index contributed by atoms with van der Waals surface area (Å²) in [5.41, 5.74) is 3.66. The highest BCUT2D eigenvalue weighted by Crippen LogP contribution is 2.49. The van der Waals surface area contributed by atoms with Gasteiger partial charge in [0.1, 0.15) is 29.2 Å². The molecule has 4 aromatic rings. The topological polar surface area (TPSA) is 113 Å². The lowest BCUT2D eigenvalue weighted by molar-refractivity contribution is -0.117. The number of carbonyl (C=O) groups is 2. The molecule has 0 unspecified atom stereocenters. The van der Waals surface area contributed by atoms with Crippen molar-refractivity contribution in [1.82, 2.24) is 19.4 Å². The van der Waals surface area contributed by atoms with Crippen molar-refractivity contribution in [2.24, 2.45) is 5.92 Å². The molecule has 2 fully saturated rings. The summed E-state index contributed by atoms with van der Waals surface area (Å²) < 4.78 is 1.86. The van der Waals surface area contributed by atoms with E-state index in [-0.39, 0.29) is 40.7 Å². The van der Waals surface area contributed by atoms with Crippen LogP contribution < -0.4 is 5.32 Å². The van der Waals surface area contributed by atoms with Gasteiger partial charge in [-0.2, -0.15) is 5.26 Å². The van der Waals surface area contributed by atoms with Crippen molar-refractivity contribution in [2.75, 3.05) is 5.32 Å². The standard InChI is InChI=1S/C26H19ClN6O2/c27-17-5-3-15(10-28)18(7-17)19-8-20(19)26(35)32-23-9-21(29-13-30-23)25(34)22-12-33-11-16(14-1-2-14)4-6-24(33)31-22/h3-7,9,11-14,19-20H,1-2,8H2,(H,29,30,32,35)/t19-,20+/m1/s1. The fourth-order valence-electron chi connectivity index (χ4n) is 4.45. The van der Waals surface area contributed by atoms with Crippen molar-refractivity contribution in [2.45, 2.75) is 31.1 Å². The van der Waals surface area contributed by atoms with Crippen LogP contribution in [-0.2, 0) is 4.79 Å². The van der Waals surface area contributed by atoms with Gasteiger partial charge in [0.05, 0.1) is 11.6 Å². The molecule has 3 aromatic heterocycles. The average molecular weight is 483 g/mol. The number of nitrogens with one attached hydrogen (secondary N) is 1. The van der Waals surface area contributed by atoms with Crippen molar-refractivity contribution in [1.29, 1.82) is 5.26 Å². The van der Waals surface area contributed by atoms with E-state index >= 15 is 0 Å². The van der Waals surface area contributed by atoms with Crippen LogP contribution in [0.5, 0.6) is 0 Å². The molecule has 2 aliphatic rings. The number of rotatable bonds is 6. The molecular formula is C26H19ClN6O2. The zero-order chi connectivity index (χ0) is 24.1. The summed E-state index contributed by atoms with van der Waals surface area (Å²) in [5, 5.41) is 12.7. The molecule has 35 heavy (non-hydrogen) atoms. The molecule has 0 aliphatic heterocycles. The molecule has 0 saturated heterocycles. The molecule has 2 saturated carbocycles. The summed E-state index contributed by atoms with van der Waals surface area (Å²) in [4.78, 5) is 38.5. The molecular weight excluding hydrogens is 464 g/mol. The maximum atomic E-state index is 13.0. The summed E-state index contributed by atoms with van der Waals surface area (Å²) in [5.74, 6) is -0.104. The van der Waals surface area contributed by atoms with Crippen LogP contribution in [0.25, 0.3) is 5.65 Å². The molecule has 2 aliphatic carbocycles. The Labute approximate surface area is 205 Å². The van der Waals surface area contributed by atoms with Crippen LogP contribution in [-0.4, -0.2) is 31.0 Å². The molecule has 9 heteroatoms. The fraction of sp³-hybridized carbons (Fsp3) is 0.231. The van der Waals surface area contributed by atoms with E-state index in [2.05, 4.69) is 32.4 Å². The van der Waals surface area contributed by atoms with Crippen LogP contribution in [0.4, 0.5) is 5.82 Å². The maximum Gasteiger partial charge on any atom is 0.231 e. The Morgan fingerprint density at radius 1 is 1.09 bits per heavy atom. The molecule has 0 radical (unpaired) electrons.